The first-order valence-electron chi connectivity index (χ1n) is 7.96. The second-order valence-electron chi connectivity index (χ2n) is 6.07. The maximum Gasteiger partial charge on any atom is 0.128 e. The zero-order valence-electron chi connectivity index (χ0n) is 13.0. The zero-order valence-corrected chi connectivity index (χ0v) is 13.0. The Morgan fingerprint density at radius 2 is 1.53 bits per heavy atom. The van der Waals surface area contributed by atoms with Crippen molar-refractivity contribution in [2.45, 2.75) is 78.6 Å². The Morgan fingerprint density at radius 1 is 0.895 bits per heavy atom. The standard InChI is InChI=1S/C17H30N2/c1-4-6-8-9-12-17(3,11-7-5-2)15-16-18-13-10-14-19-16/h10,13-14H,4-9,11-12,15H2,1-3H3. The lowest BCUT2D eigenvalue weighted by Gasteiger charge is -2.29. The first-order chi connectivity index (χ1) is 9.20. The van der Waals surface area contributed by atoms with E-state index >= 15 is 0 Å². The normalized spacial score (nSPS) is 14.3. The van der Waals surface area contributed by atoms with Gasteiger partial charge < -0.3 is 0 Å². The van der Waals surface area contributed by atoms with E-state index in [9.17, 15) is 0 Å². The predicted octanol–water partition coefficient (Wildman–Crippen LogP) is 5.19. The third-order valence-electron chi connectivity index (χ3n) is 3.97. The smallest absolute Gasteiger partial charge is 0.128 e. The van der Waals surface area contributed by atoms with Crippen LogP contribution in [-0.2, 0) is 6.42 Å². The molecule has 0 aliphatic rings. The Labute approximate surface area is 119 Å². The molecule has 0 N–H and O–H groups in total. The molecule has 0 radical (unpaired) electrons. The van der Waals surface area contributed by atoms with Crippen LogP contribution in [0.3, 0.4) is 0 Å². The van der Waals surface area contributed by atoms with Gasteiger partial charge in [-0.05, 0) is 24.3 Å². The van der Waals surface area contributed by atoms with Crippen LogP contribution in [0.2, 0.25) is 0 Å². The molecule has 0 fully saturated rings. The minimum absolute atomic E-state index is 0.380. The molecule has 0 spiro atoms. The summed E-state index contributed by atoms with van der Waals surface area (Å²) in [4.78, 5) is 8.81. The summed E-state index contributed by atoms with van der Waals surface area (Å²) in [6, 6.07) is 1.90. The fourth-order valence-electron chi connectivity index (χ4n) is 2.69. The summed E-state index contributed by atoms with van der Waals surface area (Å²) in [7, 11) is 0. The van der Waals surface area contributed by atoms with Crippen LogP contribution in [0.5, 0.6) is 0 Å². The summed E-state index contributed by atoms with van der Waals surface area (Å²) < 4.78 is 0. The molecule has 1 rings (SSSR count). The van der Waals surface area contributed by atoms with Crippen LogP contribution in [0, 0.1) is 5.41 Å². The van der Waals surface area contributed by atoms with E-state index < -0.39 is 0 Å². The van der Waals surface area contributed by atoms with Crippen molar-refractivity contribution in [3.63, 3.8) is 0 Å². The third kappa shape index (κ3) is 6.70. The van der Waals surface area contributed by atoms with Gasteiger partial charge >= 0.3 is 0 Å². The summed E-state index contributed by atoms with van der Waals surface area (Å²) in [6.45, 7) is 6.97. The second kappa shape index (κ2) is 9.06. The van der Waals surface area contributed by atoms with Gasteiger partial charge in [-0.25, -0.2) is 9.97 Å². The molecule has 2 heteroatoms. The van der Waals surface area contributed by atoms with Gasteiger partial charge in [0.25, 0.3) is 0 Å². The van der Waals surface area contributed by atoms with Gasteiger partial charge in [0.15, 0.2) is 0 Å². The molecule has 1 unspecified atom stereocenters. The molecule has 0 saturated carbocycles. The van der Waals surface area contributed by atoms with E-state index in [-0.39, 0.29) is 0 Å². The minimum Gasteiger partial charge on any atom is -0.241 e. The van der Waals surface area contributed by atoms with Crippen LogP contribution < -0.4 is 0 Å². The summed E-state index contributed by atoms with van der Waals surface area (Å²) in [6.07, 6.45) is 15.4. The maximum absolute atomic E-state index is 4.41. The second-order valence-corrected chi connectivity index (χ2v) is 6.07. The molecule has 2 nitrogen and oxygen atoms in total. The van der Waals surface area contributed by atoms with E-state index in [1.54, 1.807) is 0 Å². The van der Waals surface area contributed by atoms with Gasteiger partial charge in [-0.15, -0.1) is 0 Å². The van der Waals surface area contributed by atoms with Crippen molar-refractivity contribution in [1.82, 2.24) is 9.97 Å². The van der Waals surface area contributed by atoms with Crippen molar-refractivity contribution in [2.75, 3.05) is 0 Å². The topological polar surface area (TPSA) is 25.8 Å². The van der Waals surface area contributed by atoms with Crippen LogP contribution in [0.1, 0.15) is 78.0 Å². The molecule has 0 aliphatic carbocycles. The quantitative estimate of drug-likeness (QED) is 0.542. The van der Waals surface area contributed by atoms with E-state index in [0.29, 0.717) is 5.41 Å². The molecule has 1 heterocycles. The fourth-order valence-corrected chi connectivity index (χ4v) is 2.69. The van der Waals surface area contributed by atoms with Crippen molar-refractivity contribution >= 4 is 0 Å². The highest BCUT2D eigenvalue weighted by molar-refractivity contribution is 4.94. The number of rotatable bonds is 10. The maximum atomic E-state index is 4.41. The highest BCUT2D eigenvalue weighted by Gasteiger charge is 2.24. The van der Waals surface area contributed by atoms with Crippen molar-refractivity contribution in [2.24, 2.45) is 5.41 Å². The lowest BCUT2D eigenvalue weighted by molar-refractivity contribution is 0.246. The van der Waals surface area contributed by atoms with Gasteiger partial charge in [-0.2, -0.15) is 0 Å². The van der Waals surface area contributed by atoms with Gasteiger partial charge in [-0.3, -0.25) is 0 Å². The third-order valence-corrected chi connectivity index (χ3v) is 3.97. The van der Waals surface area contributed by atoms with E-state index in [2.05, 4.69) is 30.7 Å². The van der Waals surface area contributed by atoms with Gasteiger partial charge in [0.2, 0.25) is 0 Å². The van der Waals surface area contributed by atoms with Crippen molar-refractivity contribution < 1.29 is 0 Å². The number of hydrogen-bond acceptors (Lipinski definition) is 2. The van der Waals surface area contributed by atoms with Crippen LogP contribution in [-0.4, -0.2) is 9.97 Å². The monoisotopic (exact) mass is 262 g/mol. The molecular formula is C17H30N2. The largest absolute Gasteiger partial charge is 0.241 e. The molecule has 19 heavy (non-hydrogen) atoms. The van der Waals surface area contributed by atoms with Gasteiger partial charge in [0.05, 0.1) is 0 Å². The molecule has 108 valence electrons. The Hall–Kier alpha value is -0.920. The summed E-state index contributed by atoms with van der Waals surface area (Å²) in [5.41, 5.74) is 0.380. The van der Waals surface area contributed by atoms with Crippen molar-refractivity contribution in [3.8, 4) is 0 Å². The average Bonchev–Trinajstić information content (AvgIpc) is 2.43. The van der Waals surface area contributed by atoms with Crippen molar-refractivity contribution in [1.29, 1.82) is 0 Å². The van der Waals surface area contributed by atoms with E-state index in [1.165, 1.54) is 51.4 Å². The minimum atomic E-state index is 0.380. The number of aromatic nitrogens is 2. The van der Waals surface area contributed by atoms with Gasteiger partial charge in [-0.1, -0.05) is 59.3 Å². The number of hydrogen-bond donors (Lipinski definition) is 0. The first kappa shape index (κ1) is 16.1. The summed E-state index contributed by atoms with van der Waals surface area (Å²) in [5, 5.41) is 0. The SMILES string of the molecule is CCCCCCC(C)(CCCC)Cc1ncccn1. The lowest BCUT2D eigenvalue weighted by Crippen LogP contribution is -2.21. The molecule has 0 saturated heterocycles. The molecule has 0 aliphatic heterocycles. The predicted molar refractivity (Wildman–Crippen MR) is 82.1 cm³/mol. The van der Waals surface area contributed by atoms with Crippen LogP contribution >= 0.6 is 0 Å². The molecule has 0 aromatic carbocycles. The lowest BCUT2D eigenvalue weighted by atomic mass is 9.77. The van der Waals surface area contributed by atoms with Crippen molar-refractivity contribution in [3.05, 3.63) is 24.3 Å². The molecular weight excluding hydrogens is 232 g/mol. The van der Waals surface area contributed by atoms with Crippen LogP contribution in [0.25, 0.3) is 0 Å². The Kier molecular flexibility index (Phi) is 7.69. The average molecular weight is 262 g/mol. The zero-order chi connectivity index (χ0) is 14.0. The highest BCUT2D eigenvalue weighted by atomic mass is 14.9. The highest BCUT2D eigenvalue weighted by Crippen LogP contribution is 2.33. The van der Waals surface area contributed by atoms with Gasteiger partial charge in [0, 0.05) is 18.8 Å². The van der Waals surface area contributed by atoms with E-state index in [0.717, 1.165) is 12.2 Å². The Morgan fingerprint density at radius 3 is 2.16 bits per heavy atom. The first-order valence-corrected chi connectivity index (χ1v) is 7.96. The summed E-state index contributed by atoms with van der Waals surface area (Å²) >= 11 is 0. The number of unbranched alkanes of at least 4 members (excludes halogenated alkanes) is 4. The molecule has 1 atom stereocenters. The number of nitrogens with zero attached hydrogens (tertiary/aromatic N) is 2. The van der Waals surface area contributed by atoms with Crippen LogP contribution in [0.4, 0.5) is 0 Å². The Balaban J connectivity index is 2.53. The van der Waals surface area contributed by atoms with E-state index in [4.69, 9.17) is 0 Å². The van der Waals surface area contributed by atoms with Crippen LogP contribution in [0.15, 0.2) is 18.5 Å². The summed E-state index contributed by atoms with van der Waals surface area (Å²) in [5.74, 6) is 1.01. The van der Waals surface area contributed by atoms with E-state index in [1.807, 2.05) is 18.5 Å². The fraction of sp³-hybridized carbons (Fsp3) is 0.765. The van der Waals surface area contributed by atoms with Gasteiger partial charge in [0.1, 0.15) is 5.82 Å². The molecule has 1 aromatic rings. The Bertz CT molecular complexity index is 323. The molecule has 0 amide bonds. The molecule has 1 aromatic heterocycles. The molecule has 0 bridgehead atoms.